The van der Waals surface area contributed by atoms with Gasteiger partial charge in [-0.15, -0.1) is 0 Å². The van der Waals surface area contributed by atoms with E-state index in [9.17, 15) is 13.2 Å². The van der Waals surface area contributed by atoms with E-state index in [1.807, 2.05) is 0 Å². The normalized spacial score (nSPS) is 20.1. The summed E-state index contributed by atoms with van der Waals surface area (Å²) in [6, 6.07) is 5.89. The molecular weight excluding hydrogens is 282 g/mol. The number of carboxylic acid groups (broad SMARTS) is 1. The van der Waals surface area contributed by atoms with Crippen molar-refractivity contribution in [1.82, 2.24) is 4.31 Å². The summed E-state index contributed by atoms with van der Waals surface area (Å²) in [5, 5.41) is 17.7. The van der Waals surface area contributed by atoms with Crippen molar-refractivity contribution in [1.29, 1.82) is 0 Å². The van der Waals surface area contributed by atoms with E-state index in [4.69, 9.17) is 10.2 Å². The van der Waals surface area contributed by atoms with E-state index < -0.39 is 16.0 Å². The minimum atomic E-state index is -3.55. The lowest BCUT2D eigenvalue weighted by Gasteiger charge is -2.16. The van der Waals surface area contributed by atoms with Gasteiger partial charge in [-0.2, -0.15) is 4.31 Å². The number of hydrogen-bond donors (Lipinski definition) is 2. The molecule has 0 saturated carbocycles. The van der Waals surface area contributed by atoms with E-state index in [1.165, 1.54) is 28.6 Å². The molecule has 1 unspecified atom stereocenters. The number of aliphatic hydroxyl groups is 1. The van der Waals surface area contributed by atoms with Crippen molar-refractivity contribution in [2.75, 3.05) is 19.7 Å². The number of hydrogen-bond acceptors (Lipinski definition) is 4. The van der Waals surface area contributed by atoms with Crippen LogP contribution in [-0.4, -0.2) is 48.6 Å². The third kappa shape index (κ3) is 3.17. The Hall–Kier alpha value is -1.44. The molecule has 7 heteroatoms. The quantitative estimate of drug-likeness (QED) is 0.816. The lowest BCUT2D eigenvalue weighted by molar-refractivity contribution is -0.136. The fourth-order valence-corrected chi connectivity index (χ4v) is 3.80. The Labute approximate surface area is 117 Å². The van der Waals surface area contributed by atoms with Crippen molar-refractivity contribution in [2.24, 2.45) is 5.92 Å². The standard InChI is InChI=1S/C13H17NO5S/c15-9-11-5-6-14(8-11)20(18,19)12-3-1-10(2-4-12)7-13(16)17/h1-4,11,15H,5-9H2,(H,16,17). The van der Waals surface area contributed by atoms with Gasteiger partial charge in [0.25, 0.3) is 0 Å². The fraction of sp³-hybridized carbons (Fsp3) is 0.462. The maximum absolute atomic E-state index is 12.4. The second kappa shape index (κ2) is 5.90. The molecule has 2 N–H and O–H groups in total. The first-order chi connectivity index (χ1) is 9.43. The first kappa shape index (κ1) is 15.0. The van der Waals surface area contributed by atoms with Crippen LogP contribution < -0.4 is 0 Å². The molecule has 1 heterocycles. The number of benzene rings is 1. The summed E-state index contributed by atoms with van der Waals surface area (Å²) >= 11 is 0. The minimum absolute atomic E-state index is 0.00365. The zero-order chi connectivity index (χ0) is 14.8. The van der Waals surface area contributed by atoms with Crippen molar-refractivity contribution >= 4 is 16.0 Å². The minimum Gasteiger partial charge on any atom is -0.481 e. The molecule has 0 amide bonds. The smallest absolute Gasteiger partial charge is 0.307 e. The lowest BCUT2D eigenvalue weighted by Crippen LogP contribution is -2.29. The van der Waals surface area contributed by atoms with Gasteiger partial charge in [0.1, 0.15) is 0 Å². The molecule has 0 bridgehead atoms. The summed E-state index contributed by atoms with van der Waals surface area (Å²) in [6.45, 7) is 0.726. The Morgan fingerprint density at radius 3 is 2.45 bits per heavy atom. The van der Waals surface area contributed by atoms with Crippen molar-refractivity contribution in [2.45, 2.75) is 17.7 Å². The molecule has 0 aliphatic carbocycles. The van der Waals surface area contributed by atoms with Gasteiger partial charge in [0.05, 0.1) is 11.3 Å². The van der Waals surface area contributed by atoms with Crippen LogP contribution in [0.4, 0.5) is 0 Å². The predicted molar refractivity (Wildman–Crippen MR) is 71.7 cm³/mol. The topological polar surface area (TPSA) is 94.9 Å². The highest BCUT2D eigenvalue weighted by Gasteiger charge is 2.32. The molecule has 1 aliphatic rings. The maximum Gasteiger partial charge on any atom is 0.307 e. The highest BCUT2D eigenvalue weighted by Crippen LogP contribution is 2.24. The molecule has 1 aliphatic heterocycles. The zero-order valence-corrected chi connectivity index (χ0v) is 11.7. The van der Waals surface area contributed by atoms with Gasteiger partial charge in [-0.05, 0) is 30.0 Å². The average molecular weight is 299 g/mol. The number of carbonyl (C=O) groups is 1. The number of rotatable bonds is 5. The largest absolute Gasteiger partial charge is 0.481 e. The van der Waals surface area contributed by atoms with E-state index in [-0.39, 0.29) is 23.8 Å². The summed E-state index contributed by atoms with van der Waals surface area (Å²) in [6.07, 6.45) is 0.531. The van der Waals surface area contributed by atoms with Crippen molar-refractivity contribution < 1.29 is 23.4 Å². The van der Waals surface area contributed by atoms with Crippen molar-refractivity contribution in [3.8, 4) is 0 Å². The molecule has 1 aromatic carbocycles. The Morgan fingerprint density at radius 1 is 1.30 bits per heavy atom. The molecule has 2 rings (SSSR count). The van der Waals surface area contributed by atoms with Crippen LogP contribution >= 0.6 is 0 Å². The number of aliphatic hydroxyl groups excluding tert-OH is 1. The highest BCUT2D eigenvalue weighted by molar-refractivity contribution is 7.89. The second-order valence-electron chi connectivity index (χ2n) is 4.91. The van der Waals surface area contributed by atoms with E-state index in [0.717, 1.165) is 0 Å². The summed E-state index contributed by atoms with van der Waals surface area (Å²) < 4.78 is 26.1. The van der Waals surface area contributed by atoms with Crippen LogP contribution in [0.25, 0.3) is 0 Å². The van der Waals surface area contributed by atoms with Crippen LogP contribution in [0, 0.1) is 5.92 Å². The molecule has 20 heavy (non-hydrogen) atoms. The molecular formula is C13H17NO5S. The second-order valence-corrected chi connectivity index (χ2v) is 6.85. The molecule has 0 radical (unpaired) electrons. The molecule has 6 nitrogen and oxygen atoms in total. The molecule has 1 atom stereocenters. The first-order valence-electron chi connectivity index (χ1n) is 6.35. The van der Waals surface area contributed by atoms with Crippen LogP contribution in [0.2, 0.25) is 0 Å². The summed E-state index contributed by atoms with van der Waals surface area (Å²) in [4.78, 5) is 10.7. The maximum atomic E-state index is 12.4. The Morgan fingerprint density at radius 2 is 1.95 bits per heavy atom. The van der Waals surface area contributed by atoms with Gasteiger partial charge < -0.3 is 10.2 Å². The summed E-state index contributed by atoms with van der Waals surface area (Å²) in [7, 11) is -3.55. The molecule has 0 aromatic heterocycles. The third-order valence-corrected chi connectivity index (χ3v) is 5.30. The summed E-state index contributed by atoms with van der Waals surface area (Å²) in [5.41, 5.74) is 0.561. The predicted octanol–water partition coefficient (Wildman–Crippen LogP) is 0.317. The molecule has 1 saturated heterocycles. The molecule has 1 aromatic rings. The van der Waals surface area contributed by atoms with E-state index in [2.05, 4.69) is 0 Å². The number of aliphatic carboxylic acids is 1. The van der Waals surface area contributed by atoms with E-state index in [1.54, 1.807) is 0 Å². The van der Waals surface area contributed by atoms with Crippen molar-refractivity contribution in [3.05, 3.63) is 29.8 Å². The van der Waals surface area contributed by atoms with Gasteiger partial charge in [0, 0.05) is 19.7 Å². The van der Waals surface area contributed by atoms with Crippen LogP contribution in [-0.2, 0) is 21.2 Å². The van der Waals surface area contributed by atoms with Gasteiger partial charge in [0.15, 0.2) is 0 Å². The average Bonchev–Trinajstić information content (AvgIpc) is 2.88. The van der Waals surface area contributed by atoms with Crippen LogP contribution in [0.15, 0.2) is 29.2 Å². The molecule has 0 spiro atoms. The SMILES string of the molecule is O=C(O)Cc1ccc(S(=O)(=O)N2CCC(CO)C2)cc1. The van der Waals surface area contributed by atoms with Gasteiger partial charge in [-0.1, -0.05) is 12.1 Å². The Bertz CT molecular complexity index is 581. The van der Waals surface area contributed by atoms with Crippen LogP contribution in [0.1, 0.15) is 12.0 Å². The number of carboxylic acids is 1. The van der Waals surface area contributed by atoms with Crippen molar-refractivity contribution in [3.63, 3.8) is 0 Å². The van der Waals surface area contributed by atoms with Gasteiger partial charge in [0.2, 0.25) is 10.0 Å². The van der Waals surface area contributed by atoms with Gasteiger partial charge in [-0.3, -0.25) is 4.79 Å². The first-order valence-corrected chi connectivity index (χ1v) is 7.79. The van der Waals surface area contributed by atoms with Gasteiger partial charge in [-0.25, -0.2) is 8.42 Å². The molecule has 110 valence electrons. The molecule has 1 fully saturated rings. The van der Waals surface area contributed by atoms with Gasteiger partial charge >= 0.3 is 5.97 Å². The monoisotopic (exact) mass is 299 g/mol. The zero-order valence-electron chi connectivity index (χ0n) is 10.9. The summed E-state index contributed by atoms with van der Waals surface area (Å²) in [5.74, 6) is -0.956. The van der Waals surface area contributed by atoms with E-state index in [0.29, 0.717) is 25.1 Å². The van der Waals surface area contributed by atoms with Crippen LogP contribution in [0.3, 0.4) is 0 Å². The lowest BCUT2D eigenvalue weighted by atomic mass is 10.1. The highest BCUT2D eigenvalue weighted by atomic mass is 32.2. The fourth-order valence-electron chi connectivity index (χ4n) is 2.27. The number of sulfonamides is 1. The van der Waals surface area contributed by atoms with Crippen LogP contribution in [0.5, 0.6) is 0 Å². The number of nitrogens with zero attached hydrogens (tertiary/aromatic N) is 1. The van der Waals surface area contributed by atoms with E-state index >= 15 is 0 Å². The Balaban J connectivity index is 2.16. The Kier molecular flexibility index (Phi) is 4.42. The third-order valence-electron chi connectivity index (χ3n) is 3.42.